The topological polar surface area (TPSA) is 12.0 Å². The van der Waals surface area contributed by atoms with Crippen LogP contribution in [0.4, 0.5) is 0 Å². The Balaban J connectivity index is 1.82. The fourth-order valence-corrected chi connectivity index (χ4v) is 2.16. The fraction of sp³-hybridized carbons (Fsp3) is 0.538. The zero-order chi connectivity index (χ0) is 10.8. The first kappa shape index (κ1) is 11.0. The van der Waals surface area contributed by atoms with Crippen molar-refractivity contribution in [3.63, 3.8) is 0 Å². The van der Waals surface area contributed by atoms with Crippen LogP contribution in [0.3, 0.4) is 0 Å². The average molecular weight is 224 g/mol. The quantitative estimate of drug-likeness (QED) is 0.825. The molecule has 0 saturated heterocycles. The van der Waals surface area contributed by atoms with Crippen molar-refractivity contribution >= 4 is 11.6 Å². The highest BCUT2D eigenvalue weighted by atomic mass is 35.5. The Kier molecular flexibility index (Phi) is 3.32. The van der Waals surface area contributed by atoms with E-state index in [4.69, 9.17) is 11.6 Å². The molecule has 2 unspecified atom stereocenters. The molecule has 1 aliphatic carbocycles. The van der Waals surface area contributed by atoms with Crippen LogP contribution < -0.4 is 5.32 Å². The maximum atomic E-state index is 5.91. The van der Waals surface area contributed by atoms with Crippen molar-refractivity contribution in [2.75, 3.05) is 6.54 Å². The van der Waals surface area contributed by atoms with Crippen LogP contribution in [-0.4, -0.2) is 6.54 Å². The Hall–Kier alpha value is -0.530. The summed E-state index contributed by atoms with van der Waals surface area (Å²) in [6.07, 6.45) is 1.40. The first-order valence-corrected chi connectivity index (χ1v) is 6.00. The van der Waals surface area contributed by atoms with E-state index < -0.39 is 0 Å². The van der Waals surface area contributed by atoms with Crippen LogP contribution in [0.5, 0.6) is 0 Å². The third-order valence-electron chi connectivity index (χ3n) is 3.30. The van der Waals surface area contributed by atoms with Gasteiger partial charge in [0, 0.05) is 11.6 Å². The molecule has 0 heterocycles. The van der Waals surface area contributed by atoms with Crippen molar-refractivity contribution in [3.05, 3.63) is 34.3 Å². The molecule has 0 aliphatic heterocycles. The molecule has 0 bridgehead atoms. The first-order chi connectivity index (χ1) is 7.16. The summed E-state index contributed by atoms with van der Waals surface area (Å²) in [5.41, 5.74) is 2.63. The Bertz CT molecular complexity index is 348. The zero-order valence-corrected chi connectivity index (χ0v) is 10.1. The summed E-state index contributed by atoms with van der Waals surface area (Å²) in [4.78, 5) is 0. The van der Waals surface area contributed by atoms with Crippen LogP contribution in [0, 0.1) is 18.8 Å². The van der Waals surface area contributed by atoms with Gasteiger partial charge < -0.3 is 5.32 Å². The summed E-state index contributed by atoms with van der Waals surface area (Å²) in [5, 5.41) is 4.34. The van der Waals surface area contributed by atoms with Crippen molar-refractivity contribution in [3.8, 4) is 0 Å². The molecule has 0 radical (unpaired) electrons. The van der Waals surface area contributed by atoms with Crippen molar-refractivity contribution in [1.29, 1.82) is 0 Å². The first-order valence-electron chi connectivity index (χ1n) is 5.62. The van der Waals surface area contributed by atoms with Gasteiger partial charge >= 0.3 is 0 Å². The lowest BCUT2D eigenvalue weighted by molar-refractivity contribution is 0.611. The molecule has 1 fully saturated rings. The molecule has 1 aromatic carbocycles. The monoisotopic (exact) mass is 223 g/mol. The van der Waals surface area contributed by atoms with Gasteiger partial charge in [-0.2, -0.15) is 0 Å². The Morgan fingerprint density at radius 2 is 2.20 bits per heavy atom. The van der Waals surface area contributed by atoms with Gasteiger partial charge in [0.05, 0.1) is 0 Å². The molecule has 0 spiro atoms. The van der Waals surface area contributed by atoms with Gasteiger partial charge in [-0.3, -0.25) is 0 Å². The zero-order valence-electron chi connectivity index (χ0n) is 9.39. The number of benzene rings is 1. The lowest BCUT2D eigenvalue weighted by atomic mass is 10.1. The van der Waals surface area contributed by atoms with Crippen molar-refractivity contribution in [2.45, 2.75) is 26.8 Å². The van der Waals surface area contributed by atoms with Crippen LogP contribution in [0.2, 0.25) is 5.02 Å². The van der Waals surface area contributed by atoms with Crippen molar-refractivity contribution < 1.29 is 0 Å². The van der Waals surface area contributed by atoms with Crippen molar-refractivity contribution in [1.82, 2.24) is 5.32 Å². The molecule has 1 aromatic rings. The van der Waals surface area contributed by atoms with Crippen molar-refractivity contribution in [2.24, 2.45) is 11.8 Å². The number of halogens is 1. The fourth-order valence-electron chi connectivity index (χ4n) is 1.93. The van der Waals surface area contributed by atoms with Gasteiger partial charge in [0.2, 0.25) is 0 Å². The van der Waals surface area contributed by atoms with Gasteiger partial charge in [-0.1, -0.05) is 24.6 Å². The molecule has 2 atom stereocenters. The van der Waals surface area contributed by atoms with Crippen LogP contribution in [0.25, 0.3) is 0 Å². The second-order valence-electron chi connectivity index (χ2n) is 4.67. The van der Waals surface area contributed by atoms with E-state index in [9.17, 15) is 0 Å². The van der Waals surface area contributed by atoms with E-state index in [1.807, 2.05) is 12.1 Å². The lowest BCUT2D eigenvalue weighted by Crippen LogP contribution is -2.17. The van der Waals surface area contributed by atoms with Gasteiger partial charge in [-0.25, -0.2) is 0 Å². The third-order valence-corrected chi connectivity index (χ3v) is 3.54. The predicted octanol–water partition coefficient (Wildman–Crippen LogP) is 3.39. The Labute approximate surface area is 96.8 Å². The van der Waals surface area contributed by atoms with Crippen LogP contribution in [-0.2, 0) is 6.54 Å². The SMILES string of the molecule is Cc1cc(Cl)ccc1CNCC1CC1C. The van der Waals surface area contributed by atoms with E-state index in [2.05, 4.69) is 25.2 Å². The number of hydrogen-bond donors (Lipinski definition) is 1. The van der Waals surface area contributed by atoms with Crippen LogP contribution in [0.1, 0.15) is 24.5 Å². The Morgan fingerprint density at radius 1 is 1.47 bits per heavy atom. The van der Waals surface area contributed by atoms with Gasteiger partial charge in [0.25, 0.3) is 0 Å². The van der Waals surface area contributed by atoms with E-state index in [-0.39, 0.29) is 0 Å². The normalized spacial score (nSPS) is 24.2. The maximum absolute atomic E-state index is 5.91. The second-order valence-corrected chi connectivity index (χ2v) is 5.11. The number of nitrogens with one attached hydrogen (secondary N) is 1. The smallest absolute Gasteiger partial charge is 0.0408 e. The highest BCUT2D eigenvalue weighted by molar-refractivity contribution is 6.30. The summed E-state index contributed by atoms with van der Waals surface area (Å²) < 4.78 is 0. The van der Waals surface area contributed by atoms with Gasteiger partial charge in [-0.05, 0) is 55.0 Å². The average Bonchev–Trinajstić information content (AvgIpc) is 2.86. The molecular weight excluding hydrogens is 206 g/mol. The van der Waals surface area contributed by atoms with E-state index in [0.29, 0.717) is 0 Å². The molecule has 82 valence electrons. The minimum Gasteiger partial charge on any atom is -0.312 e. The lowest BCUT2D eigenvalue weighted by Gasteiger charge is -2.07. The molecule has 15 heavy (non-hydrogen) atoms. The molecule has 2 rings (SSSR count). The molecule has 1 nitrogen and oxygen atoms in total. The summed E-state index contributed by atoms with van der Waals surface area (Å²) in [6.45, 7) is 6.55. The third kappa shape index (κ3) is 2.96. The highest BCUT2D eigenvalue weighted by Crippen LogP contribution is 2.36. The molecule has 1 aliphatic rings. The maximum Gasteiger partial charge on any atom is 0.0408 e. The number of rotatable bonds is 4. The predicted molar refractivity (Wildman–Crippen MR) is 65.2 cm³/mol. The molecular formula is C13H18ClN. The van der Waals surface area contributed by atoms with Crippen LogP contribution >= 0.6 is 11.6 Å². The second kappa shape index (κ2) is 4.54. The number of aryl methyl sites for hydroxylation is 1. The Morgan fingerprint density at radius 3 is 2.80 bits per heavy atom. The van der Waals surface area contributed by atoms with Gasteiger partial charge in [0.15, 0.2) is 0 Å². The van der Waals surface area contributed by atoms with Crippen LogP contribution in [0.15, 0.2) is 18.2 Å². The van der Waals surface area contributed by atoms with Gasteiger partial charge in [0.1, 0.15) is 0 Å². The summed E-state index contributed by atoms with van der Waals surface area (Å²) in [6, 6.07) is 6.10. The van der Waals surface area contributed by atoms with E-state index in [1.165, 1.54) is 17.5 Å². The summed E-state index contributed by atoms with van der Waals surface area (Å²) >= 11 is 5.91. The largest absolute Gasteiger partial charge is 0.312 e. The standard InChI is InChI=1S/C13H18ClN/c1-9-5-12(9)8-15-7-11-3-4-13(14)6-10(11)2/h3-4,6,9,12,15H,5,7-8H2,1-2H3. The van der Waals surface area contributed by atoms with Gasteiger partial charge in [-0.15, -0.1) is 0 Å². The summed E-state index contributed by atoms with van der Waals surface area (Å²) in [5.74, 6) is 1.85. The van der Waals surface area contributed by atoms with E-state index >= 15 is 0 Å². The molecule has 0 amide bonds. The minimum atomic E-state index is 0.826. The molecule has 1 saturated carbocycles. The molecule has 2 heteroatoms. The molecule has 1 N–H and O–H groups in total. The minimum absolute atomic E-state index is 0.826. The van der Waals surface area contributed by atoms with E-state index in [1.54, 1.807) is 0 Å². The molecule has 0 aromatic heterocycles. The van der Waals surface area contributed by atoms with E-state index in [0.717, 1.165) is 29.9 Å². The highest BCUT2D eigenvalue weighted by Gasteiger charge is 2.31. The summed E-state index contributed by atoms with van der Waals surface area (Å²) in [7, 11) is 0. The number of hydrogen-bond acceptors (Lipinski definition) is 1.